The van der Waals surface area contributed by atoms with E-state index in [2.05, 4.69) is 44.8 Å². The van der Waals surface area contributed by atoms with Gasteiger partial charge in [-0.15, -0.1) is 0 Å². The Morgan fingerprint density at radius 1 is 1.07 bits per heavy atom. The fraction of sp³-hybridized carbons (Fsp3) is 0.417. The van der Waals surface area contributed by atoms with Crippen molar-refractivity contribution in [2.45, 2.75) is 37.5 Å². The van der Waals surface area contributed by atoms with Crippen LogP contribution in [-0.4, -0.2) is 36.5 Å². The molecule has 0 spiro atoms. The third kappa shape index (κ3) is 4.69. The summed E-state index contributed by atoms with van der Waals surface area (Å²) in [7, 11) is 0. The molecule has 1 aliphatic heterocycles. The fourth-order valence-electron chi connectivity index (χ4n) is 4.49. The second kappa shape index (κ2) is 9.21. The highest BCUT2D eigenvalue weighted by molar-refractivity contribution is 9.10. The lowest BCUT2D eigenvalue weighted by Gasteiger charge is -2.43. The number of para-hydroxylation sites is 1. The second-order valence-corrected chi connectivity index (χ2v) is 9.36. The lowest BCUT2D eigenvalue weighted by Crippen LogP contribution is -2.50. The Morgan fingerprint density at radius 3 is 2.57 bits per heavy atom. The van der Waals surface area contributed by atoms with Crippen molar-refractivity contribution in [3.8, 4) is 0 Å². The number of halogens is 1. The zero-order chi connectivity index (χ0) is 21.0. The van der Waals surface area contributed by atoms with Gasteiger partial charge < -0.3 is 15.5 Å². The molecule has 2 aromatic rings. The normalized spacial score (nSPS) is 20.2. The maximum Gasteiger partial charge on any atom is 0.321 e. The summed E-state index contributed by atoms with van der Waals surface area (Å²) >= 11 is 3.56. The van der Waals surface area contributed by atoms with Crippen LogP contribution in [0.2, 0.25) is 0 Å². The number of hydrogen-bond acceptors (Lipinski definition) is 2. The average molecular weight is 470 g/mol. The van der Waals surface area contributed by atoms with Crippen LogP contribution in [0.15, 0.2) is 59.1 Å². The summed E-state index contributed by atoms with van der Waals surface area (Å²) in [6, 6.07) is 17.7. The lowest BCUT2D eigenvalue weighted by molar-refractivity contribution is -0.126. The third-order valence-corrected chi connectivity index (χ3v) is 6.95. The van der Waals surface area contributed by atoms with E-state index in [1.807, 2.05) is 36.4 Å². The molecule has 4 rings (SSSR count). The van der Waals surface area contributed by atoms with E-state index in [0.29, 0.717) is 19.6 Å². The van der Waals surface area contributed by atoms with Crippen molar-refractivity contribution in [2.24, 2.45) is 5.92 Å². The van der Waals surface area contributed by atoms with Gasteiger partial charge in [0.15, 0.2) is 0 Å². The van der Waals surface area contributed by atoms with Crippen molar-refractivity contribution in [1.29, 1.82) is 0 Å². The highest BCUT2D eigenvalue weighted by Gasteiger charge is 2.39. The Bertz CT molecular complexity index is 898. The predicted octanol–water partition coefficient (Wildman–Crippen LogP) is 4.93. The molecule has 0 aromatic heterocycles. The first-order chi connectivity index (χ1) is 14.6. The molecule has 1 saturated heterocycles. The molecule has 2 fully saturated rings. The quantitative estimate of drug-likeness (QED) is 0.651. The number of piperidine rings is 1. The molecule has 1 atom stereocenters. The highest BCUT2D eigenvalue weighted by atomic mass is 79.9. The van der Waals surface area contributed by atoms with Gasteiger partial charge in [0.05, 0.1) is 5.92 Å². The highest BCUT2D eigenvalue weighted by Crippen LogP contribution is 2.43. The van der Waals surface area contributed by atoms with Crippen LogP contribution in [0, 0.1) is 5.92 Å². The number of rotatable bonds is 5. The summed E-state index contributed by atoms with van der Waals surface area (Å²) in [6.07, 6.45) is 5.06. The molecule has 6 heteroatoms. The predicted molar refractivity (Wildman–Crippen MR) is 122 cm³/mol. The number of nitrogens with one attached hydrogen (secondary N) is 2. The number of carbonyl (C=O) groups is 2. The molecule has 3 amide bonds. The summed E-state index contributed by atoms with van der Waals surface area (Å²) in [5.41, 5.74) is 2.10. The Balaban J connectivity index is 1.33. The number of anilines is 1. The minimum Gasteiger partial charge on any atom is -0.355 e. The first-order valence-corrected chi connectivity index (χ1v) is 11.5. The molecule has 30 heavy (non-hydrogen) atoms. The van der Waals surface area contributed by atoms with Crippen molar-refractivity contribution in [3.63, 3.8) is 0 Å². The SMILES string of the molecule is O=C(NCC1(c2cccc(Br)c2)CCC1)C1CCCN(C(=O)Nc2ccccc2)C1. The zero-order valence-corrected chi connectivity index (χ0v) is 18.7. The first-order valence-electron chi connectivity index (χ1n) is 10.7. The molecule has 158 valence electrons. The van der Waals surface area contributed by atoms with E-state index < -0.39 is 0 Å². The van der Waals surface area contributed by atoms with Crippen LogP contribution in [0.25, 0.3) is 0 Å². The summed E-state index contributed by atoms with van der Waals surface area (Å²) in [6.45, 7) is 1.81. The maximum atomic E-state index is 12.9. The van der Waals surface area contributed by atoms with Gasteiger partial charge in [0, 0.05) is 35.2 Å². The summed E-state index contributed by atoms with van der Waals surface area (Å²) in [5.74, 6) is -0.0895. The smallest absolute Gasteiger partial charge is 0.321 e. The minimum absolute atomic E-state index is 0.0402. The Kier molecular flexibility index (Phi) is 6.42. The molecule has 0 bridgehead atoms. The number of benzene rings is 2. The molecular weight excluding hydrogens is 442 g/mol. The van der Waals surface area contributed by atoms with Gasteiger partial charge in [-0.3, -0.25) is 4.79 Å². The van der Waals surface area contributed by atoms with Gasteiger partial charge in [-0.2, -0.15) is 0 Å². The van der Waals surface area contributed by atoms with Crippen molar-refractivity contribution in [2.75, 3.05) is 25.0 Å². The Labute approximate surface area is 186 Å². The molecule has 2 aromatic carbocycles. The monoisotopic (exact) mass is 469 g/mol. The molecule has 2 aliphatic rings. The van der Waals surface area contributed by atoms with E-state index in [0.717, 1.165) is 35.8 Å². The number of urea groups is 1. The molecule has 1 heterocycles. The van der Waals surface area contributed by atoms with Crippen LogP contribution in [-0.2, 0) is 10.2 Å². The lowest BCUT2D eigenvalue weighted by atomic mass is 9.64. The largest absolute Gasteiger partial charge is 0.355 e. The molecule has 0 radical (unpaired) electrons. The van der Waals surface area contributed by atoms with Crippen LogP contribution in [0.5, 0.6) is 0 Å². The van der Waals surface area contributed by atoms with E-state index in [9.17, 15) is 9.59 Å². The van der Waals surface area contributed by atoms with Crippen LogP contribution in [0.1, 0.15) is 37.7 Å². The Morgan fingerprint density at radius 2 is 1.87 bits per heavy atom. The van der Waals surface area contributed by atoms with E-state index in [1.165, 1.54) is 12.0 Å². The van der Waals surface area contributed by atoms with Crippen molar-refractivity contribution in [1.82, 2.24) is 10.2 Å². The van der Waals surface area contributed by atoms with Crippen molar-refractivity contribution < 1.29 is 9.59 Å². The van der Waals surface area contributed by atoms with Gasteiger partial charge in [0.25, 0.3) is 0 Å². The number of hydrogen-bond donors (Lipinski definition) is 2. The van der Waals surface area contributed by atoms with Gasteiger partial charge >= 0.3 is 6.03 Å². The van der Waals surface area contributed by atoms with E-state index in [1.54, 1.807) is 4.90 Å². The molecule has 5 nitrogen and oxygen atoms in total. The number of likely N-dealkylation sites (tertiary alicyclic amines) is 1. The van der Waals surface area contributed by atoms with Crippen LogP contribution in [0.3, 0.4) is 0 Å². The molecule has 1 aliphatic carbocycles. The molecule has 2 N–H and O–H groups in total. The zero-order valence-electron chi connectivity index (χ0n) is 17.1. The van der Waals surface area contributed by atoms with E-state index in [4.69, 9.17) is 0 Å². The van der Waals surface area contributed by atoms with E-state index in [-0.39, 0.29) is 23.3 Å². The molecular formula is C24H28BrN3O2. The average Bonchev–Trinajstić information content (AvgIpc) is 2.74. The molecule has 1 saturated carbocycles. The van der Waals surface area contributed by atoms with Crippen LogP contribution < -0.4 is 10.6 Å². The third-order valence-electron chi connectivity index (χ3n) is 6.45. The maximum absolute atomic E-state index is 12.9. The Hall–Kier alpha value is -2.34. The summed E-state index contributed by atoms with van der Waals surface area (Å²) in [5, 5.41) is 6.13. The fourth-order valence-corrected chi connectivity index (χ4v) is 4.89. The first kappa shape index (κ1) is 20.9. The van der Waals surface area contributed by atoms with Crippen LogP contribution >= 0.6 is 15.9 Å². The van der Waals surface area contributed by atoms with Crippen LogP contribution in [0.4, 0.5) is 10.5 Å². The molecule has 1 unspecified atom stereocenters. The van der Waals surface area contributed by atoms with Gasteiger partial charge in [-0.05, 0) is 55.5 Å². The second-order valence-electron chi connectivity index (χ2n) is 8.44. The summed E-state index contributed by atoms with van der Waals surface area (Å²) in [4.78, 5) is 27.3. The topological polar surface area (TPSA) is 61.4 Å². The van der Waals surface area contributed by atoms with Gasteiger partial charge in [-0.1, -0.05) is 52.7 Å². The summed E-state index contributed by atoms with van der Waals surface area (Å²) < 4.78 is 1.07. The minimum atomic E-state index is -0.153. The van der Waals surface area contributed by atoms with Crippen molar-refractivity contribution >= 4 is 33.6 Å². The number of nitrogens with zero attached hydrogens (tertiary/aromatic N) is 1. The number of carbonyl (C=O) groups excluding carboxylic acids is 2. The van der Waals surface area contributed by atoms with Gasteiger partial charge in [-0.25, -0.2) is 4.79 Å². The van der Waals surface area contributed by atoms with Crippen molar-refractivity contribution in [3.05, 3.63) is 64.6 Å². The van der Waals surface area contributed by atoms with E-state index >= 15 is 0 Å². The standard InChI is InChI=1S/C24H28BrN3O2/c25-20-9-4-8-19(15-20)24(12-6-13-24)17-26-22(29)18-7-5-14-28(16-18)23(30)27-21-10-2-1-3-11-21/h1-4,8-11,15,18H,5-7,12-14,16-17H2,(H,26,29)(H,27,30). The number of amides is 3. The van der Waals surface area contributed by atoms with Gasteiger partial charge in [0.1, 0.15) is 0 Å². The van der Waals surface area contributed by atoms with Gasteiger partial charge in [0.2, 0.25) is 5.91 Å².